The Morgan fingerprint density at radius 2 is 2.04 bits per heavy atom. The molecule has 0 saturated carbocycles. The highest BCUT2D eigenvalue weighted by atomic mass is 35.5. The van der Waals surface area contributed by atoms with E-state index in [1.54, 1.807) is 12.1 Å². The number of halogens is 1. The zero-order chi connectivity index (χ0) is 18.0. The minimum atomic E-state index is -0.871. The summed E-state index contributed by atoms with van der Waals surface area (Å²) in [4.78, 5) is 16.6. The standard InChI is InChI=1S/C19H17ClN2O2S/c1-11-6-7-12(2)15(8-11)18-16(10-17(23)24)25-19(22-18)21-14-5-3-4-13(20)9-14/h3-9H,10H2,1-2H3,(H,21,22)(H,23,24). The van der Waals surface area contributed by atoms with Gasteiger partial charge in [-0.15, -0.1) is 11.3 Å². The van der Waals surface area contributed by atoms with E-state index in [0.717, 1.165) is 32.9 Å². The van der Waals surface area contributed by atoms with Gasteiger partial charge in [-0.25, -0.2) is 4.98 Å². The van der Waals surface area contributed by atoms with Gasteiger partial charge in [0.1, 0.15) is 0 Å². The normalized spacial score (nSPS) is 10.7. The Morgan fingerprint density at radius 1 is 1.24 bits per heavy atom. The maximum Gasteiger partial charge on any atom is 0.308 e. The third-order valence-electron chi connectivity index (χ3n) is 3.73. The molecule has 0 amide bonds. The highest BCUT2D eigenvalue weighted by Gasteiger charge is 2.17. The molecule has 0 fully saturated rings. The Morgan fingerprint density at radius 3 is 2.76 bits per heavy atom. The van der Waals surface area contributed by atoms with Crippen LogP contribution in [-0.2, 0) is 11.2 Å². The number of aliphatic carboxylic acids is 1. The van der Waals surface area contributed by atoms with Crippen molar-refractivity contribution in [2.75, 3.05) is 5.32 Å². The number of hydrogen-bond donors (Lipinski definition) is 2. The van der Waals surface area contributed by atoms with Gasteiger partial charge in [0.15, 0.2) is 5.13 Å². The van der Waals surface area contributed by atoms with Crippen molar-refractivity contribution in [1.82, 2.24) is 4.98 Å². The molecular formula is C19H17ClN2O2S. The monoisotopic (exact) mass is 372 g/mol. The lowest BCUT2D eigenvalue weighted by Gasteiger charge is -2.06. The lowest BCUT2D eigenvalue weighted by atomic mass is 10.0. The molecule has 0 aliphatic rings. The van der Waals surface area contributed by atoms with E-state index in [1.165, 1.54) is 11.3 Å². The Kier molecular flexibility index (Phi) is 5.06. The van der Waals surface area contributed by atoms with Gasteiger partial charge in [-0.3, -0.25) is 4.79 Å². The Bertz CT molecular complexity index is 937. The number of nitrogens with one attached hydrogen (secondary N) is 1. The summed E-state index contributed by atoms with van der Waals surface area (Å²) in [6.07, 6.45) is -0.0579. The molecule has 3 rings (SSSR count). The fourth-order valence-electron chi connectivity index (χ4n) is 2.55. The van der Waals surface area contributed by atoms with E-state index in [1.807, 2.05) is 44.2 Å². The summed E-state index contributed by atoms with van der Waals surface area (Å²) in [6.45, 7) is 4.01. The van der Waals surface area contributed by atoms with E-state index in [-0.39, 0.29) is 6.42 Å². The van der Waals surface area contributed by atoms with Crippen molar-refractivity contribution >= 4 is 39.7 Å². The summed E-state index contributed by atoms with van der Waals surface area (Å²) in [5.74, 6) is -0.871. The summed E-state index contributed by atoms with van der Waals surface area (Å²) in [5.41, 5.74) is 4.68. The zero-order valence-electron chi connectivity index (χ0n) is 13.8. The number of carbonyl (C=O) groups is 1. The van der Waals surface area contributed by atoms with Crippen LogP contribution < -0.4 is 5.32 Å². The first-order valence-electron chi connectivity index (χ1n) is 7.74. The van der Waals surface area contributed by atoms with E-state index in [9.17, 15) is 9.90 Å². The number of aryl methyl sites for hydroxylation is 2. The van der Waals surface area contributed by atoms with Crippen LogP contribution in [0.25, 0.3) is 11.3 Å². The van der Waals surface area contributed by atoms with Gasteiger partial charge in [-0.05, 0) is 43.7 Å². The second-order valence-electron chi connectivity index (χ2n) is 5.82. The first-order valence-corrected chi connectivity index (χ1v) is 8.93. The van der Waals surface area contributed by atoms with Crippen LogP contribution in [0.1, 0.15) is 16.0 Å². The van der Waals surface area contributed by atoms with E-state index in [4.69, 9.17) is 11.6 Å². The highest BCUT2D eigenvalue weighted by Crippen LogP contribution is 2.35. The fourth-order valence-corrected chi connectivity index (χ4v) is 3.73. The summed E-state index contributed by atoms with van der Waals surface area (Å²) in [7, 11) is 0. The quantitative estimate of drug-likeness (QED) is 0.625. The molecule has 25 heavy (non-hydrogen) atoms. The molecule has 1 heterocycles. The molecule has 0 spiro atoms. The number of carboxylic acid groups (broad SMARTS) is 1. The largest absolute Gasteiger partial charge is 0.481 e. The molecule has 0 aliphatic heterocycles. The number of hydrogen-bond acceptors (Lipinski definition) is 4. The van der Waals surface area contributed by atoms with E-state index < -0.39 is 5.97 Å². The van der Waals surface area contributed by atoms with Crippen molar-refractivity contribution in [1.29, 1.82) is 0 Å². The summed E-state index contributed by atoms with van der Waals surface area (Å²) < 4.78 is 0. The van der Waals surface area contributed by atoms with Crippen LogP contribution in [0.2, 0.25) is 5.02 Å². The Balaban J connectivity index is 2.03. The Labute approximate surface area is 155 Å². The minimum absolute atomic E-state index is 0.0579. The van der Waals surface area contributed by atoms with Crippen molar-refractivity contribution in [2.45, 2.75) is 20.3 Å². The third-order valence-corrected chi connectivity index (χ3v) is 4.94. The molecule has 2 aromatic carbocycles. The van der Waals surface area contributed by atoms with Crippen molar-refractivity contribution in [3.05, 3.63) is 63.5 Å². The van der Waals surface area contributed by atoms with E-state index in [2.05, 4.69) is 10.3 Å². The van der Waals surface area contributed by atoms with Crippen molar-refractivity contribution in [2.24, 2.45) is 0 Å². The maximum absolute atomic E-state index is 11.3. The van der Waals surface area contributed by atoms with Crippen molar-refractivity contribution in [3.8, 4) is 11.3 Å². The van der Waals surface area contributed by atoms with E-state index >= 15 is 0 Å². The van der Waals surface area contributed by atoms with Crippen LogP contribution in [0.3, 0.4) is 0 Å². The van der Waals surface area contributed by atoms with E-state index in [0.29, 0.717) is 10.2 Å². The fraction of sp³-hybridized carbons (Fsp3) is 0.158. The number of carboxylic acids is 1. The van der Waals surface area contributed by atoms with Gasteiger partial charge in [0, 0.05) is 21.2 Å². The summed E-state index contributed by atoms with van der Waals surface area (Å²) in [5, 5.41) is 13.7. The predicted molar refractivity (Wildman–Crippen MR) is 103 cm³/mol. The van der Waals surface area contributed by atoms with Crippen LogP contribution in [0.15, 0.2) is 42.5 Å². The number of aromatic nitrogens is 1. The number of thiazole rings is 1. The lowest BCUT2D eigenvalue weighted by Crippen LogP contribution is -2.00. The molecule has 0 aliphatic carbocycles. The second-order valence-corrected chi connectivity index (χ2v) is 7.34. The van der Waals surface area contributed by atoms with Gasteiger partial charge in [0.25, 0.3) is 0 Å². The third kappa shape index (κ3) is 4.18. The molecule has 128 valence electrons. The average molecular weight is 373 g/mol. The molecule has 0 radical (unpaired) electrons. The van der Waals surface area contributed by atoms with Crippen LogP contribution >= 0.6 is 22.9 Å². The molecule has 3 aromatic rings. The molecule has 0 atom stereocenters. The predicted octanol–water partition coefficient (Wildman–Crippen LogP) is 5.45. The highest BCUT2D eigenvalue weighted by molar-refractivity contribution is 7.16. The molecule has 0 saturated heterocycles. The molecule has 4 nitrogen and oxygen atoms in total. The molecule has 0 bridgehead atoms. The second kappa shape index (κ2) is 7.25. The lowest BCUT2D eigenvalue weighted by molar-refractivity contribution is -0.136. The topological polar surface area (TPSA) is 62.2 Å². The summed E-state index contributed by atoms with van der Waals surface area (Å²) >= 11 is 7.37. The van der Waals surface area contributed by atoms with Gasteiger partial charge in [-0.2, -0.15) is 0 Å². The van der Waals surface area contributed by atoms with Gasteiger partial charge >= 0.3 is 5.97 Å². The van der Waals surface area contributed by atoms with Crippen LogP contribution in [0.4, 0.5) is 10.8 Å². The number of benzene rings is 2. The smallest absolute Gasteiger partial charge is 0.308 e. The molecule has 0 unspecified atom stereocenters. The minimum Gasteiger partial charge on any atom is -0.481 e. The first-order chi connectivity index (χ1) is 11.9. The van der Waals surface area contributed by atoms with Crippen LogP contribution in [-0.4, -0.2) is 16.1 Å². The van der Waals surface area contributed by atoms with Gasteiger partial charge in [0.05, 0.1) is 12.1 Å². The SMILES string of the molecule is Cc1ccc(C)c(-c2nc(Nc3cccc(Cl)c3)sc2CC(=O)O)c1. The first kappa shape index (κ1) is 17.5. The Hall–Kier alpha value is -2.37. The maximum atomic E-state index is 11.3. The van der Waals surface area contributed by atoms with Gasteiger partial charge < -0.3 is 10.4 Å². The molecule has 1 aromatic heterocycles. The van der Waals surface area contributed by atoms with Gasteiger partial charge in [-0.1, -0.05) is 35.4 Å². The van der Waals surface area contributed by atoms with Crippen molar-refractivity contribution in [3.63, 3.8) is 0 Å². The zero-order valence-corrected chi connectivity index (χ0v) is 15.4. The molecular weight excluding hydrogens is 356 g/mol. The van der Waals surface area contributed by atoms with Crippen molar-refractivity contribution < 1.29 is 9.90 Å². The number of rotatable bonds is 5. The number of anilines is 2. The van der Waals surface area contributed by atoms with Crippen LogP contribution in [0.5, 0.6) is 0 Å². The number of nitrogens with zero attached hydrogens (tertiary/aromatic N) is 1. The molecule has 2 N–H and O–H groups in total. The van der Waals surface area contributed by atoms with Gasteiger partial charge in [0.2, 0.25) is 0 Å². The average Bonchev–Trinajstić information content (AvgIpc) is 2.91. The molecule has 6 heteroatoms. The van der Waals surface area contributed by atoms with Crippen LogP contribution in [0, 0.1) is 13.8 Å². The summed E-state index contributed by atoms with van der Waals surface area (Å²) in [6, 6.07) is 13.4.